The quantitative estimate of drug-likeness (QED) is 0.926. The first-order valence-electron chi connectivity index (χ1n) is 7.96. The number of nitrogens with one attached hydrogen (secondary N) is 1. The second kappa shape index (κ2) is 7.42. The predicted molar refractivity (Wildman–Crippen MR) is 89.1 cm³/mol. The number of hydrogen-bond donors (Lipinski definition) is 1. The lowest BCUT2D eigenvalue weighted by atomic mass is 10.1. The highest BCUT2D eigenvalue weighted by Crippen LogP contribution is 2.17. The molecule has 1 aromatic rings. The van der Waals surface area contributed by atoms with Crippen molar-refractivity contribution in [3.63, 3.8) is 0 Å². The van der Waals surface area contributed by atoms with Gasteiger partial charge < -0.3 is 15.0 Å². The third kappa shape index (κ3) is 5.57. The van der Waals surface area contributed by atoms with Gasteiger partial charge in [0.1, 0.15) is 10.6 Å². The zero-order valence-electron chi connectivity index (χ0n) is 14.0. The first-order valence-corrected chi connectivity index (χ1v) is 8.78. The van der Waals surface area contributed by atoms with Gasteiger partial charge in [-0.25, -0.2) is 9.78 Å². The molecule has 0 radical (unpaired) electrons. The number of nitrogens with zero attached hydrogens (tertiary/aromatic N) is 2. The minimum absolute atomic E-state index is 0.191. The Morgan fingerprint density at radius 2 is 2.23 bits per heavy atom. The minimum atomic E-state index is -0.427. The maximum absolute atomic E-state index is 12.1. The molecule has 6 heteroatoms. The molecule has 0 saturated carbocycles. The Kier molecular flexibility index (Phi) is 5.81. The Hall–Kier alpha value is -1.14. The Morgan fingerprint density at radius 1 is 1.45 bits per heavy atom. The summed E-state index contributed by atoms with van der Waals surface area (Å²) in [5.41, 5.74) is -0.427. The van der Waals surface area contributed by atoms with Crippen LogP contribution in [0, 0.1) is 6.92 Å². The van der Waals surface area contributed by atoms with E-state index in [9.17, 15) is 4.79 Å². The van der Waals surface area contributed by atoms with Crippen LogP contribution >= 0.6 is 11.3 Å². The van der Waals surface area contributed by atoms with Gasteiger partial charge in [-0.3, -0.25) is 0 Å². The number of aryl methyl sites for hydroxylation is 1. The molecule has 1 aliphatic rings. The molecule has 2 heterocycles. The van der Waals surface area contributed by atoms with Crippen LogP contribution in [0.2, 0.25) is 0 Å². The molecule has 0 spiro atoms. The van der Waals surface area contributed by atoms with Crippen LogP contribution in [-0.4, -0.2) is 40.7 Å². The fraction of sp³-hybridized carbons (Fsp3) is 0.750. The van der Waals surface area contributed by atoms with E-state index < -0.39 is 5.60 Å². The highest BCUT2D eigenvalue weighted by Gasteiger charge is 2.25. The Balaban J connectivity index is 1.78. The maximum Gasteiger partial charge on any atom is 0.410 e. The van der Waals surface area contributed by atoms with Gasteiger partial charge in [-0.1, -0.05) is 0 Å². The zero-order chi connectivity index (χ0) is 16.2. The van der Waals surface area contributed by atoms with E-state index in [1.165, 1.54) is 4.88 Å². The lowest BCUT2D eigenvalue weighted by molar-refractivity contribution is 0.0256. The Morgan fingerprint density at radius 3 is 2.86 bits per heavy atom. The molecule has 1 aromatic heterocycles. The molecule has 5 nitrogen and oxygen atoms in total. The van der Waals surface area contributed by atoms with Crippen molar-refractivity contribution in [2.24, 2.45) is 0 Å². The maximum atomic E-state index is 12.1. The second-order valence-corrected chi connectivity index (χ2v) is 8.16. The van der Waals surface area contributed by atoms with E-state index in [1.807, 2.05) is 31.9 Å². The number of ether oxygens (including phenoxy) is 1. The van der Waals surface area contributed by atoms with E-state index in [0.717, 1.165) is 43.9 Å². The second-order valence-electron chi connectivity index (χ2n) is 6.84. The number of amides is 1. The lowest BCUT2D eigenvalue weighted by Gasteiger charge is -2.26. The van der Waals surface area contributed by atoms with Gasteiger partial charge in [0.05, 0.1) is 0 Å². The van der Waals surface area contributed by atoms with Gasteiger partial charge in [0.2, 0.25) is 0 Å². The van der Waals surface area contributed by atoms with Crippen molar-refractivity contribution >= 4 is 17.4 Å². The number of likely N-dealkylation sites (tertiary alicyclic amines) is 1. The molecule has 1 atom stereocenters. The summed E-state index contributed by atoms with van der Waals surface area (Å²) in [6.45, 7) is 10.1. The smallest absolute Gasteiger partial charge is 0.410 e. The zero-order valence-corrected chi connectivity index (χ0v) is 14.8. The van der Waals surface area contributed by atoms with Crippen LogP contribution in [0.4, 0.5) is 4.79 Å². The largest absolute Gasteiger partial charge is 0.444 e. The van der Waals surface area contributed by atoms with Gasteiger partial charge >= 0.3 is 6.09 Å². The molecule has 1 unspecified atom stereocenters. The van der Waals surface area contributed by atoms with Crippen molar-refractivity contribution in [3.05, 3.63) is 16.1 Å². The number of hydrogen-bond acceptors (Lipinski definition) is 5. The lowest BCUT2D eigenvalue weighted by Crippen LogP contribution is -2.38. The van der Waals surface area contributed by atoms with Crippen LogP contribution in [0.3, 0.4) is 0 Å². The topological polar surface area (TPSA) is 54.5 Å². The average molecular weight is 325 g/mol. The molecule has 1 fully saturated rings. The fourth-order valence-electron chi connectivity index (χ4n) is 2.52. The van der Waals surface area contributed by atoms with E-state index in [-0.39, 0.29) is 6.09 Å². The molecule has 1 aliphatic heterocycles. The van der Waals surface area contributed by atoms with Gasteiger partial charge in [-0.15, -0.1) is 11.3 Å². The molecule has 2 rings (SSSR count). The highest BCUT2D eigenvalue weighted by atomic mass is 32.1. The van der Waals surface area contributed by atoms with Crippen LogP contribution < -0.4 is 5.32 Å². The van der Waals surface area contributed by atoms with Crippen LogP contribution in [0.5, 0.6) is 0 Å². The summed E-state index contributed by atoms with van der Waals surface area (Å²) in [4.78, 5) is 19.6. The fourth-order valence-corrected chi connectivity index (χ4v) is 3.26. The number of rotatable bonds is 3. The normalized spacial score (nSPS) is 19.8. The average Bonchev–Trinajstić information content (AvgIpc) is 2.69. The molecule has 22 heavy (non-hydrogen) atoms. The molecule has 0 aromatic carbocycles. The SMILES string of the molecule is Cc1cnc(CNC2CCCN(C(=O)OC(C)(C)C)CC2)s1. The van der Waals surface area contributed by atoms with Crippen molar-refractivity contribution in [1.82, 2.24) is 15.2 Å². The van der Waals surface area contributed by atoms with Crippen molar-refractivity contribution < 1.29 is 9.53 Å². The predicted octanol–water partition coefficient (Wildman–Crippen LogP) is 3.33. The standard InChI is InChI=1S/C16H27N3O2S/c1-12-10-18-14(22-12)11-17-13-6-5-8-19(9-7-13)15(20)21-16(2,3)4/h10,13,17H,5-9,11H2,1-4H3. The summed E-state index contributed by atoms with van der Waals surface area (Å²) in [5.74, 6) is 0. The summed E-state index contributed by atoms with van der Waals surface area (Å²) >= 11 is 1.74. The Bertz CT molecular complexity index is 496. The van der Waals surface area contributed by atoms with Gasteiger partial charge in [0.15, 0.2) is 0 Å². The molecular formula is C16H27N3O2S. The van der Waals surface area contributed by atoms with Gasteiger partial charge in [-0.05, 0) is 47.0 Å². The molecule has 1 saturated heterocycles. The van der Waals surface area contributed by atoms with E-state index in [4.69, 9.17) is 4.74 Å². The van der Waals surface area contributed by atoms with E-state index >= 15 is 0 Å². The Labute approximate surface area is 137 Å². The highest BCUT2D eigenvalue weighted by molar-refractivity contribution is 7.11. The third-order valence-electron chi connectivity index (χ3n) is 3.59. The van der Waals surface area contributed by atoms with Crippen molar-refractivity contribution in [2.75, 3.05) is 13.1 Å². The van der Waals surface area contributed by atoms with Crippen molar-refractivity contribution in [1.29, 1.82) is 0 Å². The number of aromatic nitrogens is 1. The molecule has 1 N–H and O–H groups in total. The first kappa shape index (κ1) is 17.2. The van der Waals surface area contributed by atoms with Crippen LogP contribution in [0.1, 0.15) is 49.9 Å². The van der Waals surface area contributed by atoms with Crippen molar-refractivity contribution in [3.8, 4) is 0 Å². The number of carbonyl (C=O) groups excluding carboxylic acids is 1. The van der Waals surface area contributed by atoms with Gasteiger partial charge in [0.25, 0.3) is 0 Å². The first-order chi connectivity index (χ1) is 10.3. The van der Waals surface area contributed by atoms with Crippen LogP contribution in [0.15, 0.2) is 6.20 Å². The number of carbonyl (C=O) groups is 1. The van der Waals surface area contributed by atoms with Crippen LogP contribution in [-0.2, 0) is 11.3 Å². The summed E-state index contributed by atoms with van der Waals surface area (Å²) in [5, 5.41) is 4.70. The minimum Gasteiger partial charge on any atom is -0.444 e. The van der Waals surface area contributed by atoms with Crippen LogP contribution in [0.25, 0.3) is 0 Å². The molecule has 0 bridgehead atoms. The van der Waals surface area contributed by atoms with E-state index in [2.05, 4.69) is 17.2 Å². The van der Waals surface area contributed by atoms with Gasteiger partial charge in [0, 0.05) is 36.8 Å². The molecule has 1 amide bonds. The summed E-state index contributed by atoms with van der Waals surface area (Å²) in [6.07, 6.45) is 4.78. The summed E-state index contributed by atoms with van der Waals surface area (Å²) in [6, 6.07) is 0.441. The summed E-state index contributed by atoms with van der Waals surface area (Å²) in [7, 11) is 0. The van der Waals surface area contributed by atoms with E-state index in [0.29, 0.717) is 6.04 Å². The molecule has 124 valence electrons. The van der Waals surface area contributed by atoms with Gasteiger partial charge in [-0.2, -0.15) is 0 Å². The van der Waals surface area contributed by atoms with Crippen molar-refractivity contribution in [2.45, 2.75) is 65.1 Å². The summed E-state index contributed by atoms with van der Waals surface area (Å²) < 4.78 is 5.46. The molecular weight excluding hydrogens is 298 g/mol. The monoisotopic (exact) mass is 325 g/mol. The number of thiazole rings is 1. The molecule has 0 aliphatic carbocycles. The third-order valence-corrected chi connectivity index (χ3v) is 4.50. The van der Waals surface area contributed by atoms with E-state index in [1.54, 1.807) is 11.3 Å².